The number of aromatic nitrogens is 2. The smallest absolute Gasteiger partial charge is 0.266 e. The monoisotopic (exact) mass is 362 g/mol. The molecule has 3 aromatic rings. The van der Waals surface area contributed by atoms with Crippen LogP contribution in [-0.4, -0.2) is 34.5 Å². The number of pyridine rings is 1. The summed E-state index contributed by atoms with van der Waals surface area (Å²) in [7, 11) is 0. The molecule has 1 fully saturated rings. The Balaban J connectivity index is 0.000000236. The predicted molar refractivity (Wildman–Crippen MR) is 91.9 cm³/mol. The molecule has 136 valence electrons. The molecule has 26 heavy (non-hydrogen) atoms. The molecule has 0 bridgehead atoms. The molecule has 4 rings (SSSR count). The quantitative estimate of drug-likeness (QED) is 0.762. The van der Waals surface area contributed by atoms with Gasteiger partial charge in [0, 0.05) is 24.8 Å². The summed E-state index contributed by atoms with van der Waals surface area (Å²) in [6, 6.07) is 11.3. The van der Waals surface area contributed by atoms with Gasteiger partial charge in [-0.05, 0) is 24.3 Å². The highest BCUT2D eigenvalue weighted by atomic mass is 19.3. The minimum Gasteiger partial charge on any atom is -0.365 e. The molecule has 0 spiro atoms. The van der Waals surface area contributed by atoms with Gasteiger partial charge in [0.05, 0.1) is 23.8 Å². The van der Waals surface area contributed by atoms with E-state index in [4.69, 9.17) is 5.73 Å². The molecule has 5 nitrogen and oxygen atoms in total. The number of rotatable bonds is 2. The molecule has 2 aromatic heterocycles. The lowest BCUT2D eigenvalue weighted by molar-refractivity contribution is 0.0257. The van der Waals surface area contributed by atoms with Crippen LogP contribution in [0.2, 0.25) is 0 Å². The Hall–Kier alpha value is -3.03. The van der Waals surface area contributed by atoms with Gasteiger partial charge in [-0.1, -0.05) is 18.2 Å². The van der Waals surface area contributed by atoms with Gasteiger partial charge in [-0.15, -0.1) is 0 Å². The van der Waals surface area contributed by atoms with Gasteiger partial charge in [0.2, 0.25) is 0 Å². The van der Waals surface area contributed by atoms with Crippen LogP contribution in [0.3, 0.4) is 0 Å². The third-order valence-electron chi connectivity index (χ3n) is 4.04. The van der Waals surface area contributed by atoms with Crippen LogP contribution in [0.4, 0.5) is 18.9 Å². The van der Waals surface area contributed by atoms with Crippen LogP contribution in [0.15, 0.2) is 54.9 Å². The van der Waals surface area contributed by atoms with Crippen LogP contribution < -0.4 is 10.6 Å². The number of nitrogens with two attached hydrogens (primary N) is 1. The Bertz CT molecular complexity index is 911. The van der Waals surface area contributed by atoms with Crippen LogP contribution >= 0.6 is 0 Å². The second-order valence-corrected chi connectivity index (χ2v) is 5.96. The van der Waals surface area contributed by atoms with Crippen molar-refractivity contribution in [2.75, 3.05) is 18.0 Å². The van der Waals surface area contributed by atoms with Crippen molar-refractivity contribution < 1.29 is 18.0 Å². The SMILES string of the molecule is Fc1ccccc1.NC(=O)c1cnn2ccc(N3CCC(F)(F)C3)cc12. The van der Waals surface area contributed by atoms with E-state index in [0.717, 1.165) is 0 Å². The normalized spacial score (nSPS) is 15.6. The summed E-state index contributed by atoms with van der Waals surface area (Å²) in [5.41, 5.74) is 6.70. The van der Waals surface area contributed by atoms with Gasteiger partial charge in [0.1, 0.15) is 5.82 Å². The van der Waals surface area contributed by atoms with Crippen LogP contribution in [0, 0.1) is 5.82 Å². The summed E-state index contributed by atoms with van der Waals surface area (Å²) in [6.07, 6.45) is 2.85. The summed E-state index contributed by atoms with van der Waals surface area (Å²) in [6.45, 7) is -0.00751. The standard InChI is InChI=1S/C12H12F2N4O.C6H5F/c13-12(14)2-4-17(7-12)8-1-3-18-10(5-8)9(6-16-18)11(15)19;7-6-4-2-1-3-5-6/h1,3,5-6H,2,4,7H2,(H2,15,19);1-5H. The molecule has 0 radical (unpaired) electrons. The number of primary amides is 1. The molecule has 3 heterocycles. The lowest BCUT2D eigenvalue weighted by atomic mass is 10.2. The zero-order chi connectivity index (χ0) is 18.7. The number of alkyl halides is 2. The number of halogens is 3. The highest BCUT2D eigenvalue weighted by Gasteiger charge is 2.38. The molecule has 1 amide bonds. The largest absolute Gasteiger partial charge is 0.365 e. The molecule has 1 aliphatic heterocycles. The number of benzene rings is 1. The number of nitrogens with zero attached hydrogens (tertiary/aromatic N) is 3. The number of hydrogen-bond acceptors (Lipinski definition) is 3. The molecule has 0 aliphatic carbocycles. The average molecular weight is 362 g/mol. The first-order valence-corrected chi connectivity index (χ1v) is 7.96. The maximum absolute atomic E-state index is 13.2. The first kappa shape index (κ1) is 17.8. The highest BCUT2D eigenvalue weighted by molar-refractivity contribution is 5.99. The fourth-order valence-electron chi connectivity index (χ4n) is 2.73. The van der Waals surface area contributed by atoms with Crippen molar-refractivity contribution in [3.05, 3.63) is 66.2 Å². The molecule has 2 N–H and O–H groups in total. The van der Waals surface area contributed by atoms with Gasteiger partial charge in [0.15, 0.2) is 0 Å². The lowest BCUT2D eigenvalue weighted by Gasteiger charge is -2.18. The van der Waals surface area contributed by atoms with Crippen LogP contribution in [0.5, 0.6) is 0 Å². The summed E-state index contributed by atoms with van der Waals surface area (Å²) < 4.78 is 39.8. The van der Waals surface area contributed by atoms with Gasteiger partial charge >= 0.3 is 0 Å². The van der Waals surface area contributed by atoms with E-state index in [0.29, 0.717) is 17.7 Å². The molecule has 1 saturated heterocycles. The van der Waals surface area contributed by atoms with E-state index in [1.54, 1.807) is 41.4 Å². The minimum absolute atomic E-state index is 0.153. The highest BCUT2D eigenvalue weighted by Crippen LogP contribution is 2.31. The molecule has 1 aromatic carbocycles. The molecule has 1 aliphatic rings. The topological polar surface area (TPSA) is 63.6 Å². The molecule has 0 saturated carbocycles. The molecular formula is C18H17F3N4O. The van der Waals surface area contributed by atoms with Crippen molar-refractivity contribution in [1.29, 1.82) is 0 Å². The fraction of sp³-hybridized carbons (Fsp3) is 0.222. The number of carbonyl (C=O) groups excluding carboxylic acids is 1. The molecular weight excluding hydrogens is 345 g/mol. The van der Waals surface area contributed by atoms with Crippen molar-refractivity contribution in [3.8, 4) is 0 Å². The first-order valence-electron chi connectivity index (χ1n) is 7.96. The Morgan fingerprint density at radius 1 is 1.19 bits per heavy atom. The minimum atomic E-state index is -2.65. The van der Waals surface area contributed by atoms with Crippen molar-refractivity contribution in [3.63, 3.8) is 0 Å². The maximum Gasteiger partial charge on any atom is 0.266 e. The fourth-order valence-corrected chi connectivity index (χ4v) is 2.73. The van der Waals surface area contributed by atoms with Crippen molar-refractivity contribution in [1.82, 2.24) is 9.61 Å². The van der Waals surface area contributed by atoms with E-state index >= 15 is 0 Å². The van der Waals surface area contributed by atoms with Gasteiger partial charge in [-0.3, -0.25) is 4.79 Å². The van der Waals surface area contributed by atoms with Crippen LogP contribution in [-0.2, 0) is 0 Å². The zero-order valence-electron chi connectivity index (χ0n) is 13.8. The second kappa shape index (κ2) is 7.07. The summed E-state index contributed by atoms with van der Waals surface area (Å²) in [4.78, 5) is 12.8. The Morgan fingerprint density at radius 2 is 1.92 bits per heavy atom. The molecule has 0 unspecified atom stereocenters. The van der Waals surface area contributed by atoms with Gasteiger partial charge in [-0.25, -0.2) is 17.7 Å². The second-order valence-electron chi connectivity index (χ2n) is 5.96. The van der Waals surface area contributed by atoms with Gasteiger partial charge < -0.3 is 10.6 Å². The van der Waals surface area contributed by atoms with E-state index in [9.17, 15) is 18.0 Å². The number of anilines is 1. The number of hydrogen-bond donors (Lipinski definition) is 1. The van der Waals surface area contributed by atoms with E-state index in [1.165, 1.54) is 22.8 Å². The Kier molecular flexibility index (Phi) is 4.83. The third-order valence-corrected chi connectivity index (χ3v) is 4.04. The summed E-state index contributed by atoms with van der Waals surface area (Å²) >= 11 is 0. The lowest BCUT2D eigenvalue weighted by Crippen LogP contribution is -2.24. The summed E-state index contributed by atoms with van der Waals surface area (Å²) in [5.74, 6) is -3.42. The Morgan fingerprint density at radius 3 is 2.46 bits per heavy atom. The third kappa shape index (κ3) is 3.96. The maximum atomic E-state index is 13.2. The van der Waals surface area contributed by atoms with E-state index in [1.807, 2.05) is 0 Å². The zero-order valence-corrected chi connectivity index (χ0v) is 13.8. The number of carbonyl (C=O) groups is 1. The molecule has 0 atom stereocenters. The molecule has 8 heteroatoms. The predicted octanol–water partition coefficient (Wildman–Crippen LogP) is 3.10. The van der Waals surface area contributed by atoms with Gasteiger partial charge in [-0.2, -0.15) is 5.10 Å². The van der Waals surface area contributed by atoms with E-state index in [-0.39, 0.29) is 24.3 Å². The summed E-state index contributed by atoms with van der Waals surface area (Å²) in [5, 5.41) is 3.99. The van der Waals surface area contributed by atoms with E-state index in [2.05, 4.69) is 5.10 Å². The van der Waals surface area contributed by atoms with Crippen molar-refractivity contribution in [2.24, 2.45) is 5.73 Å². The number of amides is 1. The Labute approximate surface area is 147 Å². The van der Waals surface area contributed by atoms with Crippen molar-refractivity contribution >= 4 is 17.1 Å². The van der Waals surface area contributed by atoms with E-state index < -0.39 is 11.8 Å². The average Bonchev–Trinajstić information content (AvgIpc) is 3.18. The van der Waals surface area contributed by atoms with Crippen molar-refractivity contribution in [2.45, 2.75) is 12.3 Å². The van der Waals surface area contributed by atoms with Crippen LogP contribution in [0.1, 0.15) is 16.8 Å². The van der Waals surface area contributed by atoms with Gasteiger partial charge in [0.25, 0.3) is 11.8 Å². The first-order chi connectivity index (χ1) is 12.4. The number of fused-ring (bicyclic) bond motifs is 1. The van der Waals surface area contributed by atoms with Crippen LogP contribution in [0.25, 0.3) is 5.52 Å².